The molecule has 0 saturated heterocycles. The van der Waals surface area contributed by atoms with Gasteiger partial charge in [-0.3, -0.25) is 0 Å². The summed E-state index contributed by atoms with van der Waals surface area (Å²) in [7, 11) is 1.66. The van der Waals surface area contributed by atoms with Gasteiger partial charge >= 0.3 is 6.03 Å². The molecule has 0 atom stereocenters. The van der Waals surface area contributed by atoms with Crippen molar-refractivity contribution < 1.29 is 10.0 Å². The molecule has 1 rings (SSSR count). The van der Waals surface area contributed by atoms with Gasteiger partial charge in [-0.05, 0) is 32.9 Å². The lowest BCUT2D eigenvalue weighted by Crippen LogP contribution is -2.51. The van der Waals surface area contributed by atoms with Crippen LogP contribution in [0.5, 0.6) is 0 Å². The Kier molecular flexibility index (Phi) is 4.31. The Bertz CT molecular complexity index is 441. The number of anilines is 1. The molecule has 5 nitrogen and oxygen atoms in total. The zero-order valence-electron chi connectivity index (χ0n) is 11.1. The molecule has 0 heterocycles. The number of hydrogen-bond donors (Lipinski definition) is 2. The first-order valence-corrected chi connectivity index (χ1v) is 5.68. The molecule has 0 fully saturated rings. The highest BCUT2D eigenvalue weighted by Gasteiger charge is 2.31. The van der Waals surface area contributed by atoms with E-state index in [0.29, 0.717) is 5.71 Å². The van der Waals surface area contributed by atoms with Gasteiger partial charge in [0.05, 0.1) is 11.3 Å². The van der Waals surface area contributed by atoms with E-state index in [1.807, 2.05) is 44.2 Å². The summed E-state index contributed by atoms with van der Waals surface area (Å²) in [5.41, 5.74) is 0.533. The normalized spacial score (nSPS) is 12.1. The van der Waals surface area contributed by atoms with Gasteiger partial charge in [0.2, 0.25) is 0 Å². The summed E-state index contributed by atoms with van der Waals surface area (Å²) in [6.07, 6.45) is 0. The van der Waals surface area contributed by atoms with Crippen LogP contribution < -0.4 is 5.32 Å². The van der Waals surface area contributed by atoms with Gasteiger partial charge in [-0.15, -0.1) is 0 Å². The monoisotopic (exact) mass is 249 g/mol. The largest absolute Gasteiger partial charge is 0.411 e. The third-order valence-corrected chi connectivity index (χ3v) is 3.20. The van der Waals surface area contributed by atoms with E-state index in [-0.39, 0.29) is 6.03 Å². The number of rotatable bonds is 3. The molecule has 2 amide bonds. The van der Waals surface area contributed by atoms with Crippen LogP contribution in [0.1, 0.15) is 20.8 Å². The number of carbonyl (C=O) groups is 1. The van der Waals surface area contributed by atoms with E-state index in [1.54, 1.807) is 14.0 Å². The Hall–Kier alpha value is -2.04. The lowest BCUT2D eigenvalue weighted by molar-refractivity contribution is 0.194. The van der Waals surface area contributed by atoms with Crippen LogP contribution in [-0.2, 0) is 0 Å². The second-order valence-electron chi connectivity index (χ2n) is 4.60. The molecule has 1 aromatic carbocycles. The summed E-state index contributed by atoms with van der Waals surface area (Å²) in [5.74, 6) is 0. The minimum Gasteiger partial charge on any atom is -0.411 e. The number of amides is 2. The summed E-state index contributed by atoms with van der Waals surface area (Å²) in [5, 5.41) is 14.8. The molecule has 0 radical (unpaired) electrons. The van der Waals surface area contributed by atoms with Gasteiger partial charge in [0.15, 0.2) is 0 Å². The maximum atomic E-state index is 12.1. The minimum absolute atomic E-state index is 0.255. The van der Waals surface area contributed by atoms with Crippen molar-refractivity contribution in [2.45, 2.75) is 26.3 Å². The number of nitrogens with zero attached hydrogens (tertiary/aromatic N) is 2. The van der Waals surface area contributed by atoms with Gasteiger partial charge < -0.3 is 15.4 Å². The number of oxime groups is 1. The molecular weight excluding hydrogens is 230 g/mol. The van der Waals surface area contributed by atoms with Gasteiger partial charge in [0.1, 0.15) is 0 Å². The van der Waals surface area contributed by atoms with E-state index in [1.165, 1.54) is 4.90 Å². The highest BCUT2D eigenvalue weighted by atomic mass is 16.4. The van der Waals surface area contributed by atoms with Crippen molar-refractivity contribution in [2.75, 3.05) is 12.4 Å². The van der Waals surface area contributed by atoms with Crippen molar-refractivity contribution in [3.63, 3.8) is 0 Å². The van der Waals surface area contributed by atoms with Crippen molar-refractivity contribution in [2.24, 2.45) is 5.16 Å². The zero-order chi connectivity index (χ0) is 13.8. The third kappa shape index (κ3) is 3.00. The average Bonchev–Trinajstić information content (AvgIpc) is 2.37. The van der Waals surface area contributed by atoms with Crippen LogP contribution in [0.15, 0.2) is 35.5 Å². The second-order valence-corrected chi connectivity index (χ2v) is 4.60. The van der Waals surface area contributed by atoms with Crippen molar-refractivity contribution in [1.82, 2.24) is 4.90 Å². The van der Waals surface area contributed by atoms with Gasteiger partial charge in [0, 0.05) is 12.7 Å². The maximum absolute atomic E-state index is 12.1. The van der Waals surface area contributed by atoms with E-state index in [2.05, 4.69) is 10.5 Å². The number of benzene rings is 1. The van der Waals surface area contributed by atoms with E-state index in [4.69, 9.17) is 5.21 Å². The van der Waals surface area contributed by atoms with Gasteiger partial charge in [-0.2, -0.15) is 0 Å². The first-order valence-electron chi connectivity index (χ1n) is 5.68. The second kappa shape index (κ2) is 5.53. The molecule has 2 N–H and O–H groups in total. The van der Waals surface area contributed by atoms with E-state index in [0.717, 1.165) is 5.69 Å². The lowest BCUT2D eigenvalue weighted by atomic mass is 9.98. The molecule has 98 valence electrons. The topological polar surface area (TPSA) is 64.9 Å². The highest BCUT2D eigenvalue weighted by molar-refractivity contribution is 5.97. The summed E-state index contributed by atoms with van der Waals surface area (Å²) < 4.78 is 0. The number of urea groups is 1. The molecule has 0 aliphatic heterocycles. The van der Waals surface area contributed by atoms with Gasteiger partial charge in [-0.1, -0.05) is 23.4 Å². The average molecular weight is 249 g/mol. The summed E-state index contributed by atoms with van der Waals surface area (Å²) in [6, 6.07) is 8.94. The fraction of sp³-hybridized carbons (Fsp3) is 0.385. The zero-order valence-corrected chi connectivity index (χ0v) is 11.1. The Morgan fingerprint density at radius 1 is 1.33 bits per heavy atom. The molecule has 0 unspecified atom stereocenters. The Labute approximate surface area is 107 Å². The standard InChI is InChI=1S/C13H19N3O2/c1-10(15-18)13(2,3)16(4)12(17)14-11-8-6-5-7-9-11/h5-9,18H,1-4H3,(H,14,17)/b15-10-. The fourth-order valence-corrected chi connectivity index (χ4v) is 1.35. The minimum atomic E-state index is -0.659. The predicted octanol–water partition coefficient (Wildman–Crippen LogP) is 2.78. The highest BCUT2D eigenvalue weighted by Crippen LogP contribution is 2.16. The Morgan fingerprint density at radius 3 is 2.39 bits per heavy atom. The van der Waals surface area contributed by atoms with Crippen molar-refractivity contribution in [3.8, 4) is 0 Å². The van der Waals surface area contributed by atoms with Gasteiger partial charge in [-0.25, -0.2) is 4.79 Å². The first kappa shape index (κ1) is 14.0. The number of carbonyl (C=O) groups excluding carboxylic acids is 1. The van der Waals surface area contributed by atoms with E-state index in [9.17, 15) is 4.79 Å². The Morgan fingerprint density at radius 2 is 1.89 bits per heavy atom. The molecule has 0 aliphatic carbocycles. The number of para-hydroxylation sites is 1. The quantitative estimate of drug-likeness (QED) is 0.491. The molecule has 0 aromatic heterocycles. The van der Waals surface area contributed by atoms with Crippen LogP contribution in [0.2, 0.25) is 0 Å². The molecule has 1 aromatic rings. The fourth-order valence-electron chi connectivity index (χ4n) is 1.35. The van der Waals surface area contributed by atoms with E-state index < -0.39 is 5.54 Å². The van der Waals surface area contributed by atoms with Crippen molar-refractivity contribution >= 4 is 17.4 Å². The van der Waals surface area contributed by atoms with Crippen LogP contribution in [0, 0.1) is 0 Å². The van der Waals surface area contributed by atoms with Crippen LogP contribution in [0.25, 0.3) is 0 Å². The predicted molar refractivity (Wildman–Crippen MR) is 72.2 cm³/mol. The Balaban J connectivity index is 2.79. The van der Waals surface area contributed by atoms with Crippen LogP contribution >= 0.6 is 0 Å². The van der Waals surface area contributed by atoms with Crippen LogP contribution in [0.3, 0.4) is 0 Å². The lowest BCUT2D eigenvalue weighted by Gasteiger charge is -2.34. The number of nitrogens with one attached hydrogen (secondary N) is 1. The summed E-state index contributed by atoms with van der Waals surface area (Å²) in [6.45, 7) is 5.30. The molecular formula is C13H19N3O2. The maximum Gasteiger partial charge on any atom is 0.322 e. The summed E-state index contributed by atoms with van der Waals surface area (Å²) in [4.78, 5) is 13.6. The van der Waals surface area contributed by atoms with Gasteiger partial charge in [0.25, 0.3) is 0 Å². The molecule has 0 aliphatic rings. The smallest absolute Gasteiger partial charge is 0.322 e. The third-order valence-electron chi connectivity index (χ3n) is 3.20. The van der Waals surface area contributed by atoms with Crippen molar-refractivity contribution in [3.05, 3.63) is 30.3 Å². The van der Waals surface area contributed by atoms with Crippen LogP contribution in [0.4, 0.5) is 10.5 Å². The SMILES string of the molecule is C/C(=N/O)C(C)(C)N(C)C(=O)Nc1ccccc1. The van der Waals surface area contributed by atoms with Crippen molar-refractivity contribution in [1.29, 1.82) is 0 Å². The molecule has 0 saturated carbocycles. The molecule has 5 heteroatoms. The van der Waals surface area contributed by atoms with E-state index >= 15 is 0 Å². The molecule has 0 bridgehead atoms. The van der Waals surface area contributed by atoms with Crippen LogP contribution in [-0.4, -0.2) is 34.4 Å². The molecule has 18 heavy (non-hydrogen) atoms. The first-order chi connectivity index (χ1) is 8.39. The summed E-state index contributed by atoms with van der Waals surface area (Å²) >= 11 is 0. The number of hydrogen-bond acceptors (Lipinski definition) is 3. The molecule has 0 spiro atoms.